The summed E-state index contributed by atoms with van der Waals surface area (Å²) in [5.74, 6) is -0.294. The van der Waals surface area contributed by atoms with E-state index in [2.05, 4.69) is 6.92 Å². The number of hydrogen-bond acceptors (Lipinski definition) is 3. The monoisotopic (exact) mass is 198 g/mol. The molecule has 0 amide bonds. The van der Waals surface area contributed by atoms with Gasteiger partial charge in [-0.15, -0.1) is 0 Å². The van der Waals surface area contributed by atoms with E-state index in [0.29, 0.717) is 6.61 Å². The van der Waals surface area contributed by atoms with Crippen molar-refractivity contribution in [3.63, 3.8) is 0 Å². The second-order valence-corrected chi connectivity index (χ2v) is 3.94. The van der Waals surface area contributed by atoms with E-state index in [-0.39, 0.29) is 23.6 Å². The van der Waals surface area contributed by atoms with Crippen LogP contribution >= 0.6 is 0 Å². The Hall–Kier alpha value is -0.860. The Morgan fingerprint density at radius 1 is 1.29 bits per heavy atom. The molecule has 3 heteroatoms. The fraction of sp³-hybridized carbons (Fsp3) is 0.818. The maximum Gasteiger partial charge on any atom is 0.313 e. The Bertz CT molecular complexity index is 229. The standard InChI is InChI=1S/C11H18O3/c1-3-5-11(6-7-11)9(12)8-10(13)14-4-2/h3-8H2,1-2H3. The molecular weight excluding hydrogens is 180 g/mol. The molecule has 0 saturated heterocycles. The Morgan fingerprint density at radius 2 is 1.93 bits per heavy atom. The van der Waals surface area contributed by atoms with Crippen molar-refractivity contribution in [1.82, 2.24) is 0 Å². The van der Waals surface area contributed by atoms with Crippen molar-refractivity contribution in [1.29, 1.82) is 0 Å². The number of esters is 1. The number of carbonyl (C=O) groups is 2. The molecule has 80 valence electrons. The second-order valence-electron chi connectivity index (χ2n) is 3.94. The van der Waals surface area contributed by atoms with Crippen LogP contribution in [0.25, 0.3) is 0 Å². The lowest BCUT2D eigenvalue weighted by molar-refractivity contribution is -0.146. The van der Waals surface area contributed by atoms with Crippen LogP contribution in [0.3, 0.4) is 0 Å². The minimum atomic E-state index is -0.375. The summed E-state index contributed by atoms with van der Waals surface area (Å²) < 4.78 is 4.75. The molecular formula is C11H18O3. The third-order valence-corrected chi connectivity index (χ3v) is 2.78. The van der Waals surface area contributed by atoms with Crippen molar-refractivity contribution in [3.05, 3.63) is 0 Å². The predicted octanol–water partition coefficient (Wildman–Crippen LogP) is 2.09. The summed E-state index contributed by atoms with van der Waals surface area (Å²) in [5, 5.41) is 0. The molecule has 1 rings (SSSR count). The molecule has 1 aliphatic rings. The minimum absolute atomic E-state index is 0.0339. The highest BCUT2D eigenvalue weighted by atomic mass is 16.5. The van der Waals surface area contributed by atoms with Crippen molar-refractivity contribution in [3.8, 4) is 0 Å². The Balaban J connectivity index is 2.38. The summed E-state index contributed by atoms with van der Waals surface area (Å²) in [6, 6.07) is 0. The van der Waals surface area contributed by atoms with Gasteiger partial charge < -0.3 is 4.74 Å². The molecule has 1 aliphatic carbocycles. The fourth-order valence-corrected chi connectivity index (χ4v) is 1.83. The molecule has 3 nitrogen and oxygen atoms in total. The van der Waals surface area contributed by atoms with Crippen LogP contribution in [0, 0.1) is 5.41 Å². The average Bonchev–Trinajstić information content (AvgIpc) is 2.86. The first-order chi connectivity index (χ1) is 6.64. The third-order valence-electron chi connectivity index (χ3n) is 2.78. The molecule has 0 atom stereocenters. The summed E-state index contributed by atoms with van der Waals surface area (Å²) in [4.78, 5) is 22.8. The first-order valence-corrected chi connectivity index (χ1v) is 5.33. The molecule has 0 unspecified atom stereocenters. The van der Waals surface area contributed by atoms with Gasteiger partial charge in [-0.3, -0.25) is 9.59 Å². The van der Waals surface area contributed by atoms with Crippen LogP contribution in [0.5, 0.6) is 0 Å². The summed E-state index contributed by atoms with van der Waals surface area (Å²) in [5.41, 5.74) is -0.151. The van der Waals surface area contributed by atoms with Gasteiger partial charge in [0.15, 0.2) is 0 Å². The number of ether oxygens (including phenoxy) is 1. The molecule has 0 aromatic carbocycles. The average molecular weight is 198 g/mol. The second kappa shape index (κ2) is 4.58. The van der Waals surface area contributed by atoms with E-state index in [1.807, 2.05) is 0 Å². The normalized spacial score (nSPS) is 17.6. The van der Waals surface area contributed by atoms with Crippen LogP contribution in [0.2, 0.25) is 0 Å². The van der Waals surface area contributed by atoms with Gasteiger partial charge in [-0.2, -0.15) is 0 Å². The summed E-state index contributed by atoms with van der Waals surface area (Å²) in [6.07, 6.45) is 3.81. The van der Waals surface area contributed by atoms with Gasteiger partial charge in [0.2, 0.25) is 0 Å². The van der Waals surface area contributed by atoms with E-state index in [4.69, 9.17) is 4.74 Å². The van der Waals surface area contributed by atoms with Crippen LogP contribution in [0.4, 0.5) is 0 Å². The van der Waals surface area contributed by atoms with E-state index < -0.39 is 0 Å². The van der Waals surface area contributed by atoms with Gasteiger partial charge in [0.25, 0.3) is 0 Å². The summed E-state index contributed by atoms with van der Waals surface area (Å²) >= 11 is 0. The Morgan fingerprint density at radius 3 is 2.36 bits per heavy atom. The zero-order valence-electron chi connectivity index (χ0n) is 8.97. The van der Waals surface area contributed by atoms with Gasteiger partial charge in [0.1, 0.15) is 12.2 Å². The molecule has 0 aromatic rings. The van der Waals surface area contributed by atoms with Crippen LogP contribution in [0.15, 0.2) is 0 Å². The van der Waals surface area contributed by atoms with Crippen LogP contribution in [-0.2, 0) is 14.3 Å². The number of carbonyl (C=O) groups excluding carboxylic acids is 2. The van der Waals surface area contributed by atoms with Crippen LogP contribution in [0.1, 0.15) is 46.0 Å². The first-order valence-electron chi connectivity index (χ1n) is 5.33. The maximum atomic E-state index is 11.7. The molecule has 1 fully saturated rings. The molecule has 0 aliphatic heterocycles. The van der Waals surface area contributed by atoms with Crippen molar-refractivity contribution >= 4 is 11.8 Å². The van der Waals surface area contributed by atoms with Gasteiger partial charge in [0.05, 0.1) is 6.61 Å². The largest absolute Gasteiger partial charge is 0.466 e. The Kier molecular flexibility index (Phi) is 3.67. The first kappa shape index (κ1) is 11.2. The van der Waals surface area contributed by atoms with E-state index in [0.717, 1.165) is 25.7 Å². The Labute approximate surface area is 84.8 Å². The molecule has 14 heavy (non-hydrogen) atoms. The zero-order valence-corrected chi connectivity index (χ0v) is 8.97. The van der Waals surface area contributed by atoms with Crippen molar-refractivity contribution in [2.75, 3.05) is 6.61 Å². The van der Waals surface area contributed by atoms with Gasteiger partial charge in [-0.05, 0) is 26.2 Å². The van der Waals surface area contributed by atoms with Crippen LogP contribution < -0.4 is 0 Å². The third kappa shape index (κ3) is 2.56. The van der Waals surface area contributed by atoms with Crippen molar-refractivity contribution in [2.24, 2.45) is 5.41 Å². The van der Waals surface area contributed by atoms with Crippen molar-refractivity contribution in [2.45, 2.75) is 46.0 Å². The summed E-state index contributed by atoms with van der Waals surface area (Å²) in [7, 11) is 0. The summed E-state index contributed by atoms with van der Waals surface area (Å²) in [6.45, 7) is 4.17. The molecule has 0 N–H and O–H groups in total. The molecule has 0 bridgehead atoms. The lowest BCUT2D eigenvalue weighted by Gasteiger charge is -2.11. The van der Waals surface area contributed by atoms with E-state index in [9.17, 15) is 9.59 Å². The quantitative estimate of drug-likeness (QED) is 0.485. The van der Waals surface area contributed by atoms with Gasteiger partial charge in [-0.1, -0.05) is 13.3 Å². The van der Waals surface area contributed by atoms with Crippen molar-refractivity contribution < 1.29 is 14.3 Å². The van der Waals surface area contributed by atoms with E-state index in [1.54, 1.807) is 6.92 Å². The SMILES string of the molecule is CCCC1(C(=O)CC(=O)OCC)CC1. The minimum Gasteiger partial charge on any atom is -0.466 e. The number of rotatable bonds is 6. The zero-order chi connectivity index (χ0) is 10.6. The van der Waals surface area contributed by atoms with Crippen LogP contribution in [-0.4, -0.2) is 18.4 Å². The lowest BCUT2D eigenvalue weighted by Crippen LogP contribution is -2.20. The highest BCUT2D eigenvalue weighted by molar-refractivity contribution is 6.00. The smallest absolute Gasteiger partial charge is 0.313 e. The van der Waals surface area contributed by atoms with E-state index in [1.165, 1.54) is 0 Å². The van der Waals surface area contributed by atoms with Gasteiger partial charge in [-0.25, -0.2) is 0 Å². The highest BCUT2D eigenvalue weighted by Gasteiger charge is 2.48. The highest BCUT2D eigenvalue weighted by Crippen LogP contribution is 2.51. The maximum absolute atomic E-state index is 11.7. The lowest BCUT2D eigenvalue weighted by atomic mass is 9.93. The molecule has 0 aromatic heterocycles. The van der Waals surface area contributed by atoms with Gasteiger partial charge in [0, 0.05) is 5.41 Å². The molecule has 0 heterocycles. The fourth-order valence-electron chi connectivity index (χ4n) is 1.83. The molecule has 0 radical (unpaired) electrons. The predicted molar refractivity (Wildman–Crippen MR) is 52.8 cm³/mol. The number of Topliss-reactive ketones (excluding diaryl/α,β-unsaturated/α-hetero) is 1. The number of hydrogen-bond donors (Lipinski definition) is 0. The topological polar surface area (TPSA) is 43.4 Å². The number of ketones is 1. The van der Waals surface area contributed by atoms with E-state index >= 15 is 0 Å². The van der Waals surface area contributed by atoms with Gasteiger partial charge >= 0.3 is 5.97 Å². The molecule has 0 spiro atoms. The molecule has 1 saturated carbocycles.